The smallest absolute Gasteiger partial charge is 0.228 e. The molecule has 0 bridgehead atoms. The average molecular weight is 1680 g/mol. The van der Waals surface area contributed by atoms with E-state index in [-0.39, 0.29) is 118 Å². The zero-order valence-corrected chi connectivity index (χ0v) is 79.3. The van der Waals surface area contributed by atoms with Crippen LogP contribution in [0.4, 0.5) is 0 Å². The highest BCUT2D eigenvalue weighted by Gasteiger charge is 2.44. The van der Waals surface area contributed by atoms with Crippen molar-refractivity contribution in [2.45, 2.75) is 298 Å². The molecule has 4 aliphatic carbocycles. The molecule has 0 aliphatic heterocycles. The second-order valence-electron chi connectivity index (χ2n) is 34.5. The minimum atomic E-state index is -0.882. The van der Waals surface area contributed by atoms with E-state index in [0.29, 0.717) is 30.4 Å². The van der Waals surface area contributed by atoms with Gasteiger partial charge in [0.2, 0.25) is 46.2 Å². The van der Waals surface area contributed by atoms with E-state index in [0.717, 1.165) is 120 Å². The molecule has 0 fully saturated rings. The molecule has 0 aromatic heterocycles. The summed E-state index contributed by atoms with van der Waals surface area (Å²) in [7, 11) is 7.17. The normalized spacial score (nSPS) is 20.8. The van der Waals surface area contributed by atoms with Crippen molar-refractivity contribution in [2.24, 2.45) is 35.5 Å². The van der Waals surface area contributed by atoms with Crippen LogP contribution >= 0.6 is 0 Å². The molecule has 0 saturated heterocycles. The molecular weight excluding hydrogens is 1530 g/mol. The van der Waals surface area contributed by atoms with Crippen molar-refractivity contribution in [1.82, 2.24) is 0 Å². The first-order valence-electron chi connectivity index (χ1n) is 44.2. The Bertz CT molecular complexity index is 4250. The fourth-order valence-corrected chi connectivity index (χ4v) is 14.8. The van der Waals surface area contributed by atoms with E-state index >= 15 is 0 Å². The van der Waals surface area contributed by atoms with Crippen molar-refractivity contribution in [3.8, 4) is 0 Å². The van der Waals surface area contributed by atoms with Gasteiger partial charge in [0, 0.05) is 46.7 Å². The number of allylic oxidation sites excluding steroid dienone is 29. The highest BCUT2D eigenvalue weighted by Crippen LogP contribution is 2.39. The van der Waals surface area contributed by atoms with Gasteiger partial charge in [0.05, 0.1) is 41.7 Å². The minimum absolute atomic E-state index is 0.00548. The summed E-state index contributed by atoms with van der Waals surface area (Å²) < 4.78 is 37.8. The number of aliphatic hydroxyl groups is 3. The first kappa shape index (κ1) is 107. The maximum Gasteiger partial charge on any atom is 0.228 e. The van der Waals surface area contributed by atoms with Gasteiger partial charge in [0.1, 0.15) is 25.4 Å². The maximum absolute atomic E-state index is 13.1. The number of hydrogen-bond donors (Lipinski definition) is 3. The van der Waals surface area contributed by atoms with Crippen molar-refractivity contribution < 1.29 is 72.5 Å². The quantitative estimate of drug-likeness (QED) is 0.0416. The SMILES string of the molecule is COC1=C(OC)C(=O)C(C/C=C(\C)CC/C=C(\C)CCC=C(C)C)=C(C)C1=O.COC1=C(OCc2ccccc2)C(=O)C(C)C(C/C=C(\C)CC/C=C(\C)CCC=C(C)C)C1O.COC1=C(OCc2ccccc2)C(O)C(C/C=C(\C)CC/C=C(\C)CCC=C(C)C)C(C)C1=O.COC1=CC(O)C(C/C=C(\C)CC/C=C(\C)CCC=C(C)C)C(C)C1=O. The largest absolute Gasteiger partial charge is 0.494 e. The van der Waals surface area contributed by atoms with Crippen LogP contribution in [0.2, 0.25) is 0 Å². The molecule has 0 spiro atoms. The molecule has 15 nitrogen and oxygen atoms in total. The molecule has 9 atom stereocenters. The lowest BCUT2D eigenvalue weighted by atomic mass is 9.77. The molecule has 0 radical (unpaired) electrons. The Labute approximate surface area is 735 Å². The van der Waals surface area contributed by atoms with Crippen LogP contribution < -0.4 is 0 Å². The van der Waals surface area contributed by atoms with Crippen LogP contribution in [0.1, 0.15) is 278 Å². The van der Waals surface area contributed by atoms with Crippen LogP contribution in [0.15, 0.2) is 258 Å². The molecule has 2 aromatic carbocycles. The average Bonchev–Trinajstić information content (AvgIpc) is 0.794. The van der Waals surface area contributed by atoms with Crippen molar-refractivity contribution >= 4 is 28.9 Å². The van der Waals surface area contributed by atoms with Gasteiger partial charge < -0.3 is 48.5 Å². The Balaban J connectivity index is 0.000000423. The van der Waals surface area contributed by atoms with E-state index in [9.17, 15) is 39.3 Å². The molecule has 122 heavy (non-hydrogen) atoms. The molecule has 0 amide bonds. The van der Waals surface area contributed by atoms with Gasteiger partial charge in [-0.05, 0) is 263 Å². The van der Waals surface area contributed by atoms with Gasteiger partial charge in [-0.25, -0.2) is 0 Å². The molecular formula is C107H154O15. The number of aliphatic hydroxyl groups excluding tert-OH is 3. The highest BCUT2D eigenvalue weighted by atomic mass is 16.5. The predicted octanol–water partition coefficient (Wildman–Crippen LogP) is 25.4. The van der Waals surface area contributed by atoms with Crippen LogP contribution in [0.3, 0.4) is 0 Å². The van der Waals surface area contributed by atoms with Crippen molar-refractivity contribution in [3.63, 3.8) is 0 Å². The molecule has 15 heteroatoms. The Morgan fingerprint density at radius 1 is 0.336 bits per heavy atom. The molecule has 2 aromatic rings. The van der Waals surface area contributed by atoms with Crippen molar-refractivity contribution in [3.05, 3.63) is 269 Å². The van der Waals surface area contributed by atoms with Crippen LogP contribution in [0, 0.1) is 35.5 Å². The molecule has 0 heterocycles. The molecule has 3 N–H and O–H groups in total. The number of Topliss-reactive ketones (excluding diaryl/α,β-unsaturated/α-hetero) is 5. The Morgan fingerprint density at radius 3 is 1.00 bits per heavy atom. The summed E-state index contributed by atoms with van der Waals surface area (Å²) in [5.41, 5.74) is 19.1. The van der Waals surface area contributed by atoms with Gasteiger partial charge >= 0.3 is 0 Å². The topological polar surface area (TPSA) is 211 Å². The third-order valence-corrected chi connectivity index (χ3v) is 23.0. The lowest BCUT2D eigenvalue weighted by Crippen LogP contribution is -2.40. The summed E-state index contributed by atoms with van der Waals surface area (Å²) in [6.07, 6.45) is 45.2. The van der Waals surface area contributed by atoms with E-state index < -0.39 is 18.3 Å². The van der Waals surface area contributed by atoms with Gasteiger partial charge in [-0.15, -0.1) is 0 Å². The van der Waals surface area contributed by atoms with E-state index in [4.69, 9.17) is 33.2 Å². The van der Waals surface area contributed by atoms with Gasteiger partial charge in [-0.3, -0.25) is 24.0 Å². The third-order valence-electron chi connectivity index (χ3n) is 23.0. The number of methoxy groups -OCH3 is 5. The Hall–Kier alpha value is -9.15. The van der Waals surface area contributed by atoms with Crippen LogP contribution in [0.25, 0.3) is 0 Å². The second kappa shape index (κ2) is 58.1. The van der Waals surface area contributed by atoms with Crippen molar-refractivity contribution in [2.75, 3.05) is 35.5 Å². The van der Waals surface area contributed by atoms with Crippen LogP contribution in [-0.4, -0.2) is 98.1 Å². The fourth-order valence-electron chi connectivity index (χ4n) is 14.8. The number of carbonyl (C=O) groups is 5. The number of rotatable bonds is 43. The molecule has 4 aliphatic rings. The Kier molecular flexibility index (Phi) is 50.9. The number of benzene rings is 2. The lowest BCUT2D eigenvalue weighted by molar-refractivity contribution is -0.129. The fraction of sp³-hybridized carbons (Fsp3) is 0.523. The summed E-state index contributed by atoms with van der Waals surface area (Å²) in [5, 5.41) is 32.4. The second-order valence-corrected chi connectivity index (χ2v) is 34.5. The number of ketones is 5. The lowest BCUT2D eigenvalue weighted by Gasteiger charge is -2.34. The zero-order chi connectivity index (χ0) is 91.1. The van der Waals surface area contributed by atoms with E-state index in [1.165, 1.54) is 102 Å². The first-order chi connectivity index (χ1) is 58.0. The van der Waals surface area contributed by atoms with E-state index in [1.54, 1.807) is 13.0 Å². The monoisotopic (exact) mass is 1680 g/mol. The summed E-state index contributed by atoms with van der Waals surface area (Å²) in [6.45, 7) is 42.1. The number of hydrogen-bond acceptors (Lipinski definition) is 15. The minimum Gasteiger partial charge on any atom is -0.494 e. The highest BCUT2D eigenvalue weighted by molar-refractivity contribution is 6.23. The summed E-state index contributed by atoms with van der Waals surface area (Å²) >= 11 is 0. The third kappa shape index (κ3) is 38.3. The number of ether oxygens (including phenoxy) is 7. The van der Waals surface area contributed by atoms with Crippen molar-refractivity contribution in [1.29, 1.82) is 0 Å². The van der Waals surface area contributed by atoms with Gasteiger partial charge in [0.15, 0.2) is 23.1 Å². The predicted molar refractivity (Wildman–Crippen MR) is 501 cm³/mol. The van der Waals surface area contributed by atoms with Gasteiger partial charge in [0.25, 0.3) is 0 Å². The molecule has 9 unspecified atom stereocenters. The van der Waals surface area contributed by atoms with E-state index in [2.05, 4.69) is 178 Å². The molecule has 6 rings (SSSR count). The van der Waals surface area contributed by atoms with Crippen LogP contribution in [0.5, 0.6) is 0 Å². The zero-order valence-electron chi connectivity index (χ0n) is 79.3. The summed E-state index contributed by atoms with van der Waals surface area (Å²) in [5.74, 6) is -1.17. The Morgan fingerprint density at radius 2 is 0.648 bits per heavy atom. The van der Waals surface area contributed by atoms with E-state index in [1.807, 2.05) is 87.5 Å². The molecule has 672 valence electrons. The standard InChI is InChI=1S/2C30H42O4.C24H34O4.C23H36O3/c1-21(2)12-10-13-22(3)14-11-15-23(4)18-19-26-24(5)27(31)30(29(33-6)28(26)32)34-20-25-16-8-7-9-17-25;1-21(2)12-10-13-22(3)14-11-15-23(4)18-19-26-24(5)27(31)29(33-6)30(28(26)32)34-20-25-16-8-7-9-17-25;1-16(2)10-8-11-17(3)12-9-13-18(4)14-15-20-19(5)21(25)23(27-6)24(28-7)22(20)26;1-16(2)9-7-10-17(3)11-8-12-18(4)13-14-20-19(5)23(25)22(26-6)15-21(20)24/h2*7-9,12,14,16-18,24,26,28,32H,10-11,13,15,19-20H2,1-6H3;10,12,14H,8-9,11,13,15H2,1-7H3;9,11,13,15,19-21,24H,7-8,10,12,14H2,1-6H3/b2*22-14+,23-18+;17-12+,18-14+;17-11+,18-13+. The maximum atomic E-state index is 13.1. The number of carbonyl (C=O) groups excluding carboxylic acids is 5. The first-order valence-corrected chi connectivity index (χ1v) is 44.2. The summed E-state index contributed by atoms with van der Waals surface area (Å²) in [6, 6.07) is 19.4. The van der Waals surface area contributed by atoms with Gasteiger partial charge in [-0.1, -0.05) is 221 Å². The molecule has 0 saturated carbocycles. The summed E-state index contributed by atoms with van der Waals surface area (Å²) in [4.78, 5) is 63.3. The van der Waals surface area contributed by atoms with Gasteiger partial charge in [-0.2, -0.15) is 0 Å². The van der Waals surface area contributed by atoms with Crippen LogP contribution in [-0.2, 0) is 70.3 Å².